The zero-order valence-electron chi connectivity index (χ0n) is 5.52. The Balaban J connectivity index is 4.25. The standard InChI is InChI=1S/C5H6BrF3O2/c1-2(5(7,8)9)3(6)4(10)11/h2-3H,1H3,(H,10,11)/t2-,3+/m1/s1. The van der Waals surface area contributed by atoms with Gasteiger partial charge in [-0.1, -0.05) is 22.9 Å². The van der Waals surface area contributed by atoms with Crippen LogP contribution < -0.4 is 0 Å². The number of halogens is 4. The van der Waals surface area contributed by atoms with Crippen LogP contribution in [0.1, 0.15) is 6.92 Å². The van der Waals surface area contributed by atoms with Gasteiger partial charge >= 0.3 is 12.1 Å². The van der Waals surface area contributed by atoms with E-state index >= 15 is 0 Å². The maximum absolute atomic E-state index is 11.8. The van der Waals surface area contributed by atoms with Gasteiger partial charge in [-0.25, -0.2) is 0 Å². The first-order chi connectivity index (χ1) is 4.76. The van der Waals surface area contributed by atoms with Crippen LogP contribution in [0.25, 0.3) is 0 Å². The molecule has 0 rings (SSSR count). The van der Waals surface area contributed by atoms with Crippen molar-refractivity contribution in [2.24, 2.45) is 5.92 Å². The molecule has 0 aliphatic rings. The van der Waals surface area contributed by atoms with Crippen molar-refractivity contribution in [2.75, 3.05) is 0 Å². The zero-order chi connectivity index (χ0) is 9.23. The highest BCUT2D eigenvalue weighted by atomic mass is 79.9. The van der Waals surface area contributed by atoms with Crippen LogP contribution in [0, 0.1) is 5.92 Å². The minimum atomic E-state index is -4.47. The number of aliphatic carboxylic acids is 1. The van der Waals surface area contributed by atoms with Gasteiger partial charge in [-0.2, -0.15) is 13.2 Å². The lowest BCUT2D eigenvalue weighted by Gasteiger charge is -2.17. The molecule has 0 aliphatic carbocycles. The lowest BCUT2D eigenvalue weighted by Crippen LogP contribution is -2.33. The van der Waals surface area contributed by atoms with Gasteiger partial charge in [0.15, 0.2) is 0 Å². The predicted octanol–water partition coefficient (Wildman–Crippen LogP) is 2.03. The molecular weight excluding hydrogens is 229 g/mol. The molecule has 66 valence electrons. The van der Waals surface area contributed by atoms with Gasteiger partial charge in [-0.15, -0.1) is 0 Å². The van der Waals surface area contributed by atoms with Crippen LogP contribution in [0.2, 0.25) is 0 Å². The summed E-state index contributed by atoms with van der Waals surface area (Å²) in [7, 11) is 0. The van der Waals surface area contributed by atoms with Crippen LogP contribution >= 0.6 is 15.9 Å². The monoisotopic (exact) mass is 234 g/mol. The quantitative estimate of drug-likeness (QED) is 0.743. The Kier molecular flexibility index (Phi) is 3.34. The molecule has 0 aromatic heterocycles. The molecule has 0 fully saturated rings. The van der Waals surface area contributed by atoms with E-state index in [0.29, 0.717) is 0 Å². The molecule has 0 unspecified atom stereocenters. The second-order valence-corrected chi connectivity index (χ2v) is 3.06. The molecule has 1 N–H and O–H groups in total. The van der Waals surface area contributed by atoms with E-state index in [-0.39, 0.29) is 0 Å². The van der Waals surface area contributed by atoms with Crippen molar-refractivity contribution in [3.05, 3.63) is 0 Å². The summed E-state index contributed by atoms with van der Waals surface area (Å²) < 4.78 is 35.3. The smallest absolute Gasteiger partial charge is 0.393 e. The molecule has 0 radical (unpaired) electrons. The number of hydrogen-bond acceptors (Lipinski definition) is 1. The van der Waals surface area contributed by atoms with Crippen LogP contribution in [0.5, 0.6) is 0 Å². The molecule has 0 aromatic rings. The molecule has 0 amide bonds. The molecule has 0 saturated heterocycles. The summed E-state index contributed by atoms with van der Waals surface area (Å²) in [5.41, 5.74) is 0. The molecule has 0 bridgehead atoms. The molecule has 0 heterocycles. The van der Waals surface area contributed by atoms with E-state index in [1.54, 1.807) is 0 Å². The van der Waals surface area contributed by atoms with Crippen LogP contribution in [-0.2, 0) is 4.79 Å². The van der Waals surface area contributed by atoms with Gasteiger partial charge in [-0.3, -0.25) is 4.79 Å². The van der Waals surface area contributed by atoms with E-state index in [1.165, 1.54) is 0 Å². The largest absolute Gasteiger partial charge is 0.480 e. The van der Waals surface area contributed by atoms with Crippen molar-refractivity contribution >= 4 is 21.9 Å². The lowest BCUT2D eigenvalue weighted by atomic mass is 10.1. The predicted molar refractivity (Wildman–Crippen MR) is 35.6 cm³/mol. The minimum absolute atomic E-state index is 0.813. The first-order valence-corrected chi connectivity index (χ1v) is 3.62. The number of carboxylic acids is 1. The second-order valence-electron chi connectivity index (χ2n) is 2.07. The minimum Gasteiger partial charge on any atom is -0.480 e. The third-order valence-corrected chi connectivity index (χ3v) is 2.38. The van der Waals surface area contributed by atoms with E-state index in [4.69, 9.17) is 5.11 Å². The van der Waals surface area contributed by atoms with Gasteiger partial charge in [0, 0.05) is 0 Å². The molecule has 0 spiro atoms. The van der Waals surface area contributed by atoms with E-state index in [9.17, 15) is 18.0 Å². The first-order valence-electron chi connectivity index (χ1n) is 2.70. The van der Waals surface area contributed by atoms with Crippen LogP contribution in [0.15, 0.2) is 0 Å². The van der Waals surface area contributed by atoms with Crippen molar-refractivity contribution in [1.82, 2.24) is 0 Å². The summed E-state index contributed by atoms with van der Waals surface area (Å²) in [6.45, 7) is 0.813. The Morgan fingerprint density at radius 2 is 1.91 bits per heavy atom. The lowest BCUT2D eigenvalue weighted by molar-refractivity contribution is -0.176. The maximum Gasteiger partial charge on any atom is 0.393 e. The normalized spacial score (nSPS) is 17.5. The highest BCUT2D eigenvalue weighted by Crippen LogP contribution is 2.31. The molecule has 0 saturated carbocycles. The van der Waals surface area contributed by atoms with Gasteiger partial charge in [0.25, 0.3) is 0 Å². The van der Waals surface area contributed by atoms with Gasteiger partial charge in [-0.05, 0) is 0 Å². The topological polar surface area (TPSA) is 37.3 Å². The Labute approximate surface area is 69.5 Å². The van der Waals surface area contributed by atoms with Crippen molar-refractivity contribution in [3.8, 4) is 0 Å². The maximum atomic E-state index is 11.8. The molecule has 0 aromatic carbocycles. The summed E-state index contributed by atoms with van der Waals surface area (Å²) in [4.78, 5) is 8.47. The number of rotatable bonds is 2. The average molecular weight is 235 g/mol. The van der Waals surface area contributed by atoms with Crippen molar-refractivity contribution in [1.29, 1.82) is 0 Å². The SMILES string of the molecule is C[C@H]([C@H](Br)C(=O)O)C(F)(F)F. The van der Waals surface area contributed by atoms with Crippen molar-refractivity contribution < 1.29 is 23.1 Å². The van der Waals surface area contributed by atoms with Gasteiger partial charge in [0.1, 0.15) is 4.83 Å². The van der Waals surface area contributed by atoms with Gasteiger partial charge in [0.2, 0.25) is 0 Å². The van der Waals surface area contributed by atoms with Gasteiger partial charge < -0.3 is 5.11 Å². The summed E-state index contributed by atoms with van der Waals surface area (Å²) in [5.74, 6) is -3.38. The fourth-order valence-electron chi connectivity index (χ4n) is 0.380. The number of hydrogen-bond donors (Lipinski definition) is 1. The fraction of sp³-hybridized carbons (Fsp3) is 0.800. The third kappa shape index (κ3) is 3.09. The second kappa shape index (κ2) is 3.42. The summed E-state index contributed by atoms with van der Waals surface area (Å²) in [5, 5.41) is 8.17. The molecule has 2 atom stereocenters. The number of alkyl halides is 4. The van der Waals surface area contributed by atoms with Crippen LogP contribution in [-0.4, -0.2) is 22.1 Å². The van der Waals surface area contributed by atoms with Crippen LogP contribution in [0.4, 0.5) is 13.2 Å². The van der Waals surface area contributed by atoms with E-state index in [2.05, 4.69) is 15.9 Å². The average Bonchev–Trinajstić information content (AvgIpc) is 1.82. The number of carbonyl (C=O) groups is 1. The molecule has 0 aliphatic heterocycles. The number of carboxylic acid groups (broad SMARTS) is 1. The van der Waals surface area contributed by atoms with Crippen LogP contribution in [0.3, 0.4) is 0 Å². The summed E-state index contributed by atoms with van der Waals surface area (Å²) in [6, 6.07) is 0. The first kappa shape index (κ1) is 10.7. The fourth-order valence-corrected chi connectivity index (χ4v) is 0.680. The molecular formula is C5H6BrF3O2. The van der Waals surface area contributed by atoms with E-state index in [0.717, 1.165) is 6.92 Å². The Morgan fingerprint density at radius 3 is 2.00 bits per heavy atom. The van der Waals surface area contributed by atoms with E-state index < -0.39 is 22.9 Å². The highest BCUT2D eigenvalue weighted by molar-refractivity contribution is 9.10. The summed E-state index contributed by atoms with van der Waals surface area (Å²) >= 11 is 2.42. The molecule has 6 heteroatoms. The molecule has 2 nitrogen and oxygen atoms in total. The third-order valence-electron chi connectivity index (χ3n) is 1.19. The molecule has 11 heavy (non-hydrogen) atoms. The highest BCUT2D eigenvalue weighted by Gasteiger charge is 2.43. The zero-order valence-corrected chi connectivity index (χ0v) is 7.11. The summed E-state index contributed by atoms with van der Waals surface area (Å²) in [6.07, 6.45) is -4.47. The van der Waals surface area contributed by atoms with Crippen molar-refractivity contribution in [2.45, 2.75) is 17.9 Å². The Hall–Kier alpha value is -0.260. The Bertz CT molecular complexity index is 156. The van der Waals surface area contributed by atoms with Crippen molar-refractivity contribution in [3.63, 3.8) is 0 Å². The Morgan fingerprint density at radius 1 is 1.55 bits per heavy atom. The van der Waals surface area contributed by atoms with E-state index in [1.807, 2.05) is 0 Å². The van der Waals surface area contributed by atoms with Gasteiger partial charge in [0.05, 0.1) is 5.92 Å².